The molecule has 148 valence electrons. The van der Waals surface area contributed by atoms with E-state index in [1.54, 1.807) is 56.3 Å². The Labute approximate surface area is 168 Å². The molecule has 1 unspecified atom stereocenters. The second-order valence-electron chi connectivity index (χ2n) is 6.54. The molecule has 0 fully saturated rings. The number of rotatable bonds is 9. The number of esters is 1. The van der Waals surface area contributed by atoms with Gasteiger partial charge in [0, 0.05) is 11.1 Å². The largest absolute Gasteiger partial charge is 0.461 e. The first-order valence-electron chi connectivity index (χ1n) is 8.60. The van der Waals surface area contributed by atoms with Crippen molar-refractivity contribution in [2.24, 2.45) is 5.41 Å². The second-order valence-corrected chi connectivity index (χ2v) is 6.98. The number of nitrogens with zero attached hydrogens (tertiary/aromatic N) is 3. The van der Waals surface area contributed by atoms with Crippen LogP contribution in [-0.4, -0.2) is 33.1 Å². The van der Waals surface area contributed by atoms with Gasteiger partial charge in [0.2, 0.25) is 5.78 Å². The van der Waals surface area contributed by atoms with Gasteiger partial charge in [0.1, 0.15) is 25.0 Å². The lowest BCUT2D eigenvalue weighted by atomic mass is 9.88. The Balaban J connectivity index is 2.14. The molecule has 0 aliphatic carbocycles. The minimum atomic E-state index is -1.07. The average Bonchev–Trinajstić information content (AvgIpc) is 3.20. The molecular formula is C20H22ClN3O4. The highest BCUT2D eigenvalue weighted by atomic mass is 35.5. The molecule has 1 atom stereocenters. The summed E-state index contributed by atoms with van der Waals surface area (Å²) in [5, 5.41) is 4.57. The SMILES string of the molecule is CC=CC=CC(=O)OCC(C)(C)C(=O)C(Oc1ccc(Cl)cc1)n1cncn1. The van der Waals surface area contributed by atoms with E-state index >= 15 is 0 Å². The maximum atomic E-state index is 13.1. The van der Waals surface area contributed by atoms with Gasteiger partial charge < -0.3 is 9.47 Å². The molecule has 1 aromatic carbocycles. The quantitative estimate of drug-likeness (QED) is 0.360. The van der Waals surface area contributed by atoms with Gasteiger partial charge in [0.05, 0.1) is 5.41 Å². The third-order valence-electron chi connectivity index (χ3n) is 3.74. The maximum Gasteiger partial charge on any atom is 0.330 e. The number of Topliss-reactive ketones (excluding diaryl/α,β-unsaturated/α-hetero) is 1. The Kier molecular flexibility index (Phi) is 7.52. The lowest BCUT2D eigenvalue weighted by molar-refractivity contribution is -0.149. The Bertz CT molecular complexity index is 843. The summed E-state index contributed by atoms with van der Waals surface area (Å²) in [7, 11) is 0. The summed E-state index contributed by atoms with van der Waals surface area (Å²) in [6.45, 7) is 5.07. The number of carbonyl (C=O) groups is 2. The smallest absolute Gasteiger partial charge is 0.330 e. The molecule has 0 N–H and O–H groups in total. The van der Waals surface area contributed by atoms with Crippen molar-refractivity contribution in [2.75, 3.05) is 6.61 Å². The lowest BCUT2D eigenvalue weighted by Crippen LogP contribution is -2.39. The zero-order valence-corrected chi connectivity index (χ0v) is 16.7. The number of halogens is 1. The van der Waals surface area contributed by atoms with Crippen LogP contribution in [0.2, 0.25) is 5.02 Å². The van der Waals surface area contributed by atoms with Gasteiger partial charge in [-0.3, -0.25) is 4.79 Å². The van der Waals surface area contributed by atoms with E-state index in [0.717, 1.165) is 0 Å². The minimum Gasteiger partial charge on any atom is -0.461 e. The molecular weight excluding hydrogens is 382 g/mol. The first-order valence-corrected chi connectivity index (χ1v) is 8.98. The van der Waals surface area contributed by atoms with E-state index < -0.39 is 17.6 Å². The fourth-order valence-corrected chi connectivity index (χ4v) is 2.28. The molecule has 1 aromatic heterocycles. The molecule has 0 aliphatic heterocycles. The predicted molar refractivity (Wildman–Crippen MR) is 105 cm³/mol. The van der Waals surface area contributed by atoms with Crippen molar-refractivity contribution in [1.82, 2.24) is 14.8 Å². The van der Waals surface area contributed by atoms with Crippen molar-refractivity contribution in [3.63, 3.8) is 0 Å². The van der Waals surface area contributed by atoms with E-state index in [2.05, 4.69) is 10.1 Å². The molecule has 1 heterocycles. The second kappa shape index (κ2) is 9.85. The lowest BCUT2D eigenvalue weighted by Gasteiger charge is -2.27. The van der Waals surface area contributed by atoms with E-state index in [0.29, 0.717) is 10.8 Å². The van der Waals surface area contributed by atoms with Gasteiger partial charge in [-0.25, -0.2) is 14.5 Å². The molecule has 0 aliphatic rings. The van der Waals surface area contributed by atoms with Crippen LogP contribution < -0.4 is 4.74 Å². The van der Waals surface area contributed by atoms with Crippen molar-refractivity contribution in [2.45, 2.75) is 27.0 Å². The Morgan fingerprint density at radius 3 is 2.57 bits per heavy atom. The van der Waals surface area contributed by atoms with Crippen LogP contribution in [0.1, 0.15) is 27.0 Å². The van der Waals surface area contributed by atoms with Crippen molar-refractivity contribution < 1.29 is 19.1 Å². The van der Waals surface area contributed by atoms with Gasteiger partial charge in [-0.1, -0.05) is 29.8 Å². The summed E-state index contributed by atoms with van der Waals surface area (Å²) < 4.78 is 12.4. The first kappa shape index (κ1) is 21.4. The van der Waals surface area contributed by atoms with Crippen LogP contribution >= 0.6 is 11.6 Å². The highest BCUT2D eigenvalue weighted by Crippen LogP contribution is 2.28. The Morgan fingerprint density at radius 2 is 1.96 bits per heavy atom. The zero-order valence-electron chi connectivity index (χ0n) is 15.9. The van der Waals surface area contributed by atoms with Gasteiger partial charge in [-0.05, 0) is 45.0 Å². The summed E-state index contributed by atoms with van der Waals surface area (Å²) in [6.07, 6.45) is 7.98. The van der Waals surface area contributed by atoms with Crippen LogP contribution in [0, 0.1) is 5.41 Å². The van der Waals surface area contributed by atoms with E-state index in [-0.39, 0.29) is 12.4 Å². The summed E-state index contributed by atoms with van der Waals surface area (Å²) in [5.74, 6) is -0.409. The highest BCUT2D eigenvalue weighted by molar-refractivity contribution is 6.30. The molecule has 7 nitrogen and oxygen atoms in total. The number of allylic oxidation sites excluding steroid dienone is 3. The Hall–Kier alpha value is -2.93. The average molecular weight is 404 g/mol. The summed E-state index contributed by atoms with van der Waals surface area (Å²) in [4.78, 5) is 28.8. The number of aromatic nitrogens is 3. The minimum absolute atomic E-state index is 0.111. The molecule has 0 radical (unpaired) electrons. The van der Waals surface area contributed by atoms with Crippen LogP contribution in [0.15, 0.2) is 61.2 Å². The third-order valence-corrected chi connectivity index (χ3v) is 3.99. The predicted octanol–water partition coefficient (Wildman–Crippen LogP) is 3.78. The van der Waals surface area contributed by atoms with Gasteiger partial charge in [-0.2, -0.15) is 5.10 Å². The van der Waals surface area contributed by atoms with E-state index in [9.17, 15) is 9.59 Å². The van der Waals surface area contributed by atoms with Crippen molar-refractivity contribution in [3.8, 4) is 5.75 Å². The molecule has 0 bridgehead atoms. The van der Waals surface area contributed by atoms with Crippen LogP contribution in [0.5, 0.6) is 5.75 Å². The van der Waals surface area contributed by atoms with Gasteiger partial charge in [0.15, 0.2) is 0 Å². The summed E-state index contributed by atoms with van der Waals surface area (Å²) in [5.41, 5.74) is -1.02. The van der Waals surface area contributed by atoms with E-state index in [1.165, 1.54) is 23.4 Å². The number of hydrogen-bond donors (Lipinski definition) is 0. The van der Waals surface area contributed by atoms with E-state index in [4.69, 9.17) is 21.1 Å². The fourth-order valence-electron chi connectivity index (χ4n) is 2.16. The van der Waals surface area contributed by atoms with E-state index in [1.807, 2.05) is 6.92 Å². The monoisotopic (exact) mass is 403 g/mol. The van der Waals surface area contributed by atoms with Crippen LogP contribution in [-0.2, 0) is 14.3 Å². The van der Waals surface area contributed by atoms with Crippen molar-refractivity contribution in [1.29, 1.82) is 0 Å². The summed E-state index contributed by atoms with van der Waals surface area (Å²) in [6, 6.07) is 6.62. The third kappa shape index (κ3) is 6.06. The molecule has 2 rings (SSSR count). The Morgan fingerprint density at radius 1 is 1.25 bits per heavy atom. The van der Waals surface area contributed by atoms with Gasteiger partial charge >= 0.3 is 5.97 Å². The molecule has 28 heavy (non-hydrogen) atoms. The zero-order chi connectivity index (χ0) is 20.6. The number of hydrogen-bond acceptors (Lipinski definition) is 6. The molecule has 0 saturated carbocycles. The molecule has 0 spiro atoms. The molecule has 8 heteroatoms. The standard InChI is InChI=1S/C20H22ClN3O4/c1-4-5-6-7-17(25)27-12-20(2,3)18(26)19(24-14-22-13-23-24)28-16-10-8-15(21)9-11-16/h4-11,13-14,19H,12H2,1-3H3. The normalized spacial score (nSPS) is 13.0. The topological polar surface area (TPSA) is 83.3 Å². The van der Waals surface area contributed by atoms with Crippen LogP contribution in [0.25, 0.3) is 0 Å². The fraction of sp³-hybridized carbons (Fsp3) is 0.300. The highest BCUT2D eigenvalue weighted by Gasteiger charge is 2.38. The van der Waals surface area contributed by atoms with Crippen LogP contribution in [0.4, 0.5) is 0 Å². The first-order chi connectivity index (χ1) is 13.3. The molecule has 2 aromatic rings. The number of ether oxygens (including phenoxy) is 2. The van der Waals surface area contributed by atoms with Crippen molar-refractivity contribution in [3.05, 3.63) is 66.2 Å². The molecule has 0 amide bonds. The number of benzene rings is 1. The molecule has 0 saturated heterocycles. The van der Waals surface area contributed by atoms with Gasteiger partial charge in [0.25, 0.3) is 6.23 Å². The maximum absolute atomic E-state index is 13.1. The van der Waals surface area contributed by atoms with Crippen molar-refractivity contribution >= 4 is 23.4 Å². The van der Waals surface area contributed by atoms with Crippen LogP contribution in [0.3, 0.4) is 0 Å². The summed E-state index contributed by atoms with van der Waals surface area (Å²) >= 11 is 5.89. The van der Waals surface area contributed by atoms with Gasteiger partial charge in [-0.15, -0.1) is 0 Å². The number of carbonyl (C=O) groups excluding carboxylic acids is 2. The number of ketones is 1.